The first kappa shape index (κ1) is 17.5. The Morgan fingerprint density at radius 3 is 2.67 bits per heavy atom. The van der Waals surface area contributed by atoms with Gasteiger partial charge in [0.05, 0.1) is 38.0 Å². The molecule has 1 aliphatic heterocycles. The van der Waals surface area contributed by atoms with Crippen molar-refractivity contribution >= 4 is 0 Å². The molecule has 0 unspecified atom stereocenters. The van der Waals surface area contributed by atoms with Crippen LogP contribution in [0.15, 0.2) is 36.8 Å². The summed E-state index contributed by atoms with van der Waals surface area (Å²) in [7, 11) is 1.67. The molecule has 0 bridgehead atoms. The van der Waals surface area contributed by atoms with Crippen LogP contribution in [0.1, 0.15) is 22.8 Å². The lowest BCUT2D eigenvalue weighted by molar-refractivity contribution is -0.0814. The minimum atomic E-state index is 0.0881. The summed E-state index contributed by atoms with van der Waals surface area (Å²) in [5.41, 5.74) is 3.85. The van der Waals surface area contributed by atoms with Crippen molar-refractivity contribution in [2.75, 3.05) is 20.3 Å². The molecule has 1 fully saturated rings. The molecule has 4 rings (SSSR count). The van der Waals surface area contributed by atoms with Crippen LogP contribution in [0, 0.1) is 13.8 Å². The smallest absolute Gasteiger partial charge is 0.217 e. The maximum absolute atomic E-state index is 5.82. The lowest BCUT2D eigenvalue weighted by Gasteiger charge is -2.26. The van der Waals surface area contributed by atoms with E-state index in [0.717, 1.165) is 34.2 Å². The molecule has 2 aromatic heterocycles. The molecule has 140 valence electrons. The van der Waals surface area contributed by atoms with E-state index in [4.69, 9.17) is 14.2 Å². The topological polar surface area (TPSA) is 71.3 Å². The molecular weight excluding hydrogens is 344 g/mol. The summed E-state index contributed by atoms with van der Waals surface area (Å²) in [5.74, 6) is 2.10. The van der Waals surface area contributed by atoms with Crippen LogP contribution in [0.5, 0.6) is 11.6 Å². The maximum atomic E-state index is 5.82. The number of methoxy groups -OCH3 is 1. The van der Waals surface area contributed by atoms with Gasteiger partial charge >= 0.3 is 0 Å². The van der Waals surface area contributed by atoms with Gasteiger partial charge in [-0.1, -0.05) is 6.07 Å². The molecule has 3 heterocycles. The number of imidazole rings is 1. The average molecular weight is 366 g/mol. The standard InChI is InChI=1S/C20H22N4O3/c1-13-6-20(27-16-10-26-11-16)23-19(22-13)8-15-4-5-17(18(7-15)25-3)24-9-14(2)21-12-24/h4-7,9,12,16H,8,10-11H2,1-3H3. The molecule has 0 aliphatic carbocycles. The van der Waals surface area contributed by atoms with E-state index in [1.54, 1.807) is 13.4 Å². The fourth-order valence-electron chi connectivity index (χ4n) is 2.97. The van der Waals surface area contributed by atoms with Gasteiger partial charge in [-0.05, 0) is 31.5 Å². The van der Waals surface area contributed by atoms with Crippen LogP contribution in [0.3, 0.4) is 0 Å². The first-order valence-corrected chi connectivity index (χ1v) is 8.87. The minimum Gasteiger partial charge on any atom is -0.495 e. The molecule has 0 spiro atoms. The van der Waals surface area contributed by atoms with E-state index in [2.05, 4.69) is 21.0 Å². The van der Waals surface area contributed by atoms with Gasteiger partial charge < -0.3 is 18.8 Å². The average Bonchev–Trinajstić information content (AvgIpc) is 3.04. The summed E-state index contributed by atoms with van der Waals surface area (Å²) < 4.78 is 18.5. The molecule has 27 heavy (non-hydrogen) atoms. The highest BCUT2D eigenvalue weighted by Gasteiger charge is 2.21. The predicted octanol–water partition coefficient (Wildman–Crippen LogP) is 2.66. The number of aromatic nitrogens is 4. The first-order valence-electron chi connectivity index (χ1n) is 8.87. The Kier molecular flexibility index (Phi) is 4.77. The van der Waals surface area contributed by atoms with Gasteiger partial charge in [0.2, 0.25) is 5.88 Å². The number of nitrogens with zero attached hydrogens (tertiary/aromatic N) is 4. The molecule has 1 saturated heterocycles. The van der Waals surface area contributed by atoms with Crippen LogP contribution < -0.4 is 9.47 Å². The van der Waals surface area contributed by atoms with Crippen LogP contribution in [-0.4, -0.2) is 45.9 Å². The zero-order chi connectivity index (χ0) is 18.8. The van der Waals surface area contributed by atoms with Gasteiger partial charge in [-0.3, -0.25) is 0 Å². The van der Waals surface area contributed by atoms with Crippen LogP contribution >= 0.6 is 0 Å². The third-order valence-electron chi connectivity index (χ3n) is 4.37. The summed E-state index contributed by atoms with van der Waals surface area (Å²) >= 11 is 0. The first-order chi connectivity index (χ1) is 13.1. The maximum Gasteiger partial charge on any atom is 0.217 e. The van der Waals surface area contributed by atoms with E-state index in [-0.39, 0.29) is 6.10 Å². The van der Waals surface area contributed by atoms with Gasteiger partial charge in [-0.25, -0.2) is 9.97 Å². The van der Waals surface area contributed by atoms with Crippen LogP contribution in [0.2, 0.25) is 0 Å². The van der Waals surface area contributed by atoms with Crippen molar-refractivity contribution in [3.8, 4) is 17.3 Å². The highest BCUT2D eigenvalue weighted by molar-refractivity contribution is 5.49. The van der Waals surface area contributed by atoms with Crippen LogP contribution in [0.4, 0.5) is 0 Å². The number of aryl methyl sites for hydroxylation is 2. The molecule has 7 nitrogen and oxygen atoms in total. The van der Waals surface area contributed by atoms with Crippen molar-refractivity contribution in [1.82, 2.24) is 19.5 Å². The van der Waals surface area contributed by atoms with Crippen LogP contribution in [0.25, 0.3) is 5.69 Å². The monoisotopic (exact) mass is 366 g/mol. The number of benzene rings is 1. The third kappa shape index (κ3) is 3.93. The Hall–Kier alpha value is -2.93. The molecule has 1 aromatic carbocycles. The van der Waals surface area contributed by atoms with Crippen molar-refractivity contribution in [2.45, 2.75) is 26.4 Å². The third-order valence-corrected chi connectivity index (χ3v) is 4.37. The zero-order valence-electron chi connectivity index (χ0n) is 15.7. The Morgan fingerprint density at radius 1 is 1.15 bits per heavy atom. The zero-order valence-corrected chi connectivity index (χ0v) is 15.7. The van der Waals surface area contributed by atoms with E-state index in [0.29, 0.717) is 25.5 Å². The Labute approximate surface area is 158 Å². The lowest BCUT2D eigenvalue weighted by atomic mass is 10.1. The van der Waals surface area contributed by atoms with Crippen molar-refractivity contribution in [2.24, 2.45) is 0 Å². The Balaban J connectivity index is 1.57. The number of hydrogen-bond donors (Lipinski definition) is 0. The molecule has 0 saturated carbocycles. The largest absolute Gasteiger partial charge is 0.495 e. The molecule has 0 amide bonds. The summed E-state index contributed by atoms with van der Waals surface area (Å²) in [6, 6.07) is 7.94. The van der Waals surface area contributed by atoms with E-state index in [1.165, 1.54) is 0 Å². The van der Waals surface area contributed by atoms with Gasteiger partial charge in [-0.15, -0.1) is 0 Å². The van der Waals surface area contributed by atoms with E-state index >= 15 is 0 Å². The van der Waals surface area contributed by atoms with Gasteiger partial charge in [0, 0.05) is 24.4 Å². The molecule has 3 aromatic rings. The second-order valence-electron chi connectivity index (χ2n) is 6.65. The van der Waals surface area contributed by atoms with Gasteiger partial charge in [0.25, 0.3) is 0 Å². The number of hydrogen-bond acceptors (Lipinski definition) is 6. The fourth-order valence-corrected chi connectivity index (χ4v) is 2.97. The predicted molar refractivity (Wildman–Crippen MR) is 99.7 cm³/mol. The minimum absolute atomic E-state index is 0.0881. The molecular formula is C20H22N4O3. The van der Waals surface area contributed by atoms with E-state index < -0.39 is 0 Å². The Morgan fingerprint density at radius 2 is 2.00 bits per heavy atom. The second-order valence-corrected chi connectivity index (χ2v) is 6.65. The lowest BCUT2D eigenvalue weighted by Crippen LogP contribution is -2.38. The molecule has 0 atom stereocenters. The van der Waals surface area contributed by atoms with Gasteiger partial charge in [0.15, 0.2) is 0 Å². The van der Waals surface area contributed by atoms with Crippen molar-refractivity contribution in [3.05, 3.63) is 59.6 Å². The van der Waals surface area contributed by atoms with E-state index in [9.17, 15) is 0 Å². The normalized spacial score (nSPS) is 14.0. The molecule has 0 radical (unpaired) electrons. The number of rotatable bonds is 6. The van der Waals surface area contributed by atoms with Crippen molar-refractivity contribution in [1.29, 1.82) is 0 Å². The summed E-state index contributed by atoms with van der Waals surface area (Å²) in [4.78, 5) is 13.4. The molecule has 7 heteroatoms. The van der Waals surface area contributed by atoms with Gasteiger partial charge in [-0.2, -0.15) is 4.98 Å². The fraction of sp³-hybridized carbons (Fsp3) is 0.350. The van der Waals surface area contributed by atoms with Gasteiger partial charge in [0.1, 0.15) is 17.7 Å². The highest BCUT2D eigenvalue weighted by atomic mass is 16.6. The summed E-state index contributed by atoms with van der Waals surface area (Å²) in [6.45, 7) is 5.14. The van der Waals surface area contributed by atoms with E-state index in [1.807, 2.05) is 42.8 Å². The summed E-state index contributed by atoms with van der Waals surface area (Å²) in [6.07, 6.45) is 4.43. The number of ether oxygens (including phenoxy) is 3. The van der Waals surface area contributed by atoms with Crippen LogP contribution in [-0.2, 0) is 11.2 Å². The Bertz CT molecular complexity index is 950. The highest BCUT2D eigenvalue weighted by Crippen LogP contribution is 2.26. The molecule has 0 N–H and O–H groups in total. The van der Waals surface area contributed by atoms with Crippen molar-refractivity contribution in [3.63, 3.8) is 0 Å². The summed E-state index contributed by atoms with van der Waals surface area (Å²) in [5, 5.41) is 0. The SMILES string of the molecule is COc1cc(Cc2nc(C)cc(OC3COC3)n2)ccc1-n1cnc(C)c1. The quantitative estimate of drug-likeness (QED) is 0.668. The second kappa shape index (κ2) is 7.36. The molecule has 1 aliphatic rings. The van der Waals surface area contributed by atoms with Crippen molar-refractivity contribution < 1.29 is 14.2 Å².